The fourth-order valence-electron chi connectivity index (χ4n) is 11.9. The SMILES string of the molecule is COc1c(C(C)(C)C)cc2c(c1-c1cc(C)cc(C)c1)C=C(C)[CH]2[Hf]([Cl])([Cl])([CH]1C(C)=Cc2c(-c3cc(C)cc(C)c3)c3c(c(-c4cc(C)cc(C)c4)c21)CCC3)[SiH](C)C. The number of hydrogen-bond donors (Lipinski definition) is 0. The van der Waals surface area contributed by atoms with E-state index in [4.69, 9.17) is 21.9 Å². The van der Waals surface area contributed by atoms with Crippen molar-refractivity contribution in [2.45, 2.75) is 121 Å². The Labute approximate surface area is 364 Å². The number of ether oxygens (including phenoxy) is 1. The van der Waals surface area contributed by atoms with Gasteiger partial charge in [-0.25, -0.2) is 0 Å². The van der Waals surface area contributed by atoms with Gasteiger partial charge in [0.25, 0.3) is 0 Å². The molecule has 8 rings (SSSR count). The second-order valence-electron chi connectivity index (χ2n) is 20.1. The molecule has 307 valence electrons. The van der Waals surface area contributed by atoms with Crippen molar-refractivity contribution in [1.82, 2.24) is 0 Å². The van der Waals surface area contributed by atoms with Crippen LogP contribution in [-0.2, 0) is 33.6 Å². The van der Waals surface area contributed by atoms with E-state index in [9.17, 15) is 0 Å². The van der Waals surface area contributed by atoms with Gasteiger partial charge in [0.05, 0.1) is 0 Å². The molecule has 5 aromatic carbocycles. The van der Waals surface area contributed by atoms with Crippen LogP contribution < -0.4 is 4.74 Å². The number of benzene rings is 5. The summed E-state index contributed by atoms with van der Waals surface area (Å²) in [6, 6.07) is 23.7. The first-order chi connectivity index (χ1) is 27.6. The van der Waals surface area contributed by atoms with E-state index in [-0.39, 0.29) is 12.8 Å². The molecule has 3 aliphatic carbocycles. The van der Waals surface area contributed by atoms with Crippen molar-refractivity contribution in [1.29, 1.82) is 0 Å². The molecule has 59 heavy (non-hydrogen) atoms. The van der Waals surface area contributed by atoms with Gasteiger partial charge in [-0.3, -0.25) is 0 Å². The summed E-state index contributed by atoms with van der Waals surface area (Å²) in [5, 5.41) is 0. The number of aryl methyl sites for hydroxylation is 6. The summed E-state index contributed by atoms with van der Waals surface area (Å²) in [4.78, 5) is 0. The van der Waals surface area contributed by atoms with E-state index in [2.05, 4.69) is 162 Å². The van der Waals surface area contributed by atoms with Gasteiger partial charge in [-0.05, 0) is 0 Å². The van der Waals surface area contributed by atoms with Crippen LogP contribution in [0.1, 0.15) is 121 Å². The molecule has 0 heterocycles. The van der Waals surface area contributed by atoms with Crippen LogP contribution in [0.4, 0.5) is 0 Å². The van der Waals surface area contributed by atoms with E-state index >= 15 is 0 Å². The Morgan fingerprint density at radius 3 is 1.46 bits per heavy atom. The molecule has 2 unspecified atom stereocenters. The van der Waals surface area contributed by atoms with Crippen LogP contribution in [0.5, 0.6) is 5.75 Å². The molecule has 0 aliphatic heterocycles. The summed E-state index contributed by atoms with van der Waals surface area (Å²) in [5.41, 5.74) is 27.6. The number of fused-ring (bicyclic) bond motifs is 3. The monoisotopic (exact) mass is 1010 g/mol. The van der Waals surface area contributed by atoms with Crippen LogP contribution in [0.2, 0.25) is 13.1 Å². The molecule has 0 radical (unpaired) electrons. The molecule has 0 bridgehead atoms. The van der Waals surface area contributed by atoms with Gasteiger partial charge < -0.3 is 0 Å². The van der Waals surface area contributed by atoms with E-state index in [1.54, 1.807) is 0 Å². The molecule has 5 aromatic rings. The van der Waals surface area contributed by atoms with E-state index < -0.39 is 21.3 Å². The van der Waals surface area contributed by atoms with Crippen LogP contribution in [0.3, 0.4) is 0 Å². The Bertz CT molecular complexity index is 2610. The maximum absolute atomic E-state index is 9.13. The van der Waals surface area contributed by atoms with Crippen molar-refractivity contribution >= 4 is 35.3 Å². The van der Waals surface area contributed by atoms with Crippen molar-refractivity contribution in [3.8, 4) is 39.1 Å². The summed E-state index contributed by atoms with van der Waals surface area (Å²) >= 11 is -5.37. The molecule has 5 heteroatoms. The Balaban J connectivity index is 1.50. The van der Waals surface area contributed by atoms with Crippen molar-refractivity contribution in [2.75, 3.05) is 7.11 Å². The number of methoxy groups -OCH3 is 1. The van der Waals surface area contributed by atoms with E-state index in [1.165, 1.54) is 117 Å². The summed E-state index contributed by atoms with van der Waals surface area (Å²) in [6.45, 7) is 30.0. The van der Waals surface area contributed by atoms with Crippen LogP contribution in [0.15, 0.2) is 71.8 Å². The zero-order valence-corrected chi connectivity index (χ0v) is 44.2. The van der Waals surface area contributed by atoms with E-state index in [0.29, 0.717) is 0 Å². The molecule has 0 saturated heterocycles. The minimum atomic E-state index is -5.37. The van der Waals surface area contributed by atoms with Crippen LogP contribution in [0.25, 0.3) is 45.5 Å². The van der Waals surface area contributed by atoms with Crippen molar-refractivity contribution in [3.05, 3.63) is 144 Å². The van der Waals surface area contributed by atoms with Crippen molar-refractivity contribution < 1.29 is 20.0 Å². The van der Waals surface area contributed by atoms with E-state index in [0.717, 1.165) is 25.0 Å². The Kier molecular flexibility index (Phi) is 10.8. The first-order valence-corrected chi connectivity index (χ1v) is 44.0. The van der Waals surface area contributed by atoms with Gasteiger partial charge in [0.1, 0.15) is 0 Å². The average Bonchev–Trinajstić information content (AvgIpc) is 3.82. The zero-order chi connectivity index (χ0) is 42.7. The second kappa shape index (κ2) is 14.9. The predicted molar refractivity (Wildman–Crippen MR) is 258 cm³/mol. The third kappa shape index (κ3) is 6.79. The Morgan fingerprint density at radius 2 is 1.00 bits per heavy atom. The van der Waals surface area contributed by atoms with Gasteiger partial charge in [0.2, 0.25) is 0 Å². The van der Waals surface area contributed by atoms with Crippen molar-refractivity contribution in [2.24, 2.45) is 0 Å². The average molecular weight is 1010 g/mol. The quantitative estimate of drug-likeness (QED) is 0.148. The topological polar surface area (TPSA) is 9.23 Å². The summed E-state index contributed by atoms with van der Waals surface area (Å²) in [5.74, 6) is -0.864. The van der Waals surface area contributed by atoms with Gasteiger partial charge in [0, 0.05) is 0 Å². The molecule has 3 aliphatic rings. The fourth-order valence-corrected chi connectivity index (χ4v) is 58.2. The molecule has 2 atom stereocenters. The Hall–Kier alpha value is -2.95. The second-order valence-corrected chi connectivity index (χ2v) is 79.4. The van der Waals surface area contributed by atoms with Gasteiger partial charge in [-0.1, -0.05) is 0 Å². The maximum atomic E-state index is 9.13. The van der Waals surface area contributed by atoms with Gasteiger partial charge >= 0.3 is 367 Å². The van der Waals surface area contributed by atoms with Gasteiger partial charge in [-0.2, -0.15) is 0 Å². The molecule has 0 amide bonds. The number of halogens is 2. The molecule has 0 fully saturated rings. The van der Waals surface area contributed by atoms with Crippen LogP contribution in [0, 0.1) is 41.5 Å². The van der Waals surface area contributed by atoms with Crippen LogP contribution >= 0.6 is 17.2 Å². The molecule has 0 N–H and O–H groups in total. The molecule has 0 spiro atoms. The normalized spacial score (nSPS) is 18.0. The van der Waals surface area contributed by atoms with E-state index in [1.807, 2.05) is 7.11 Å². The molecular formula is C54H63Cl2HfOSi. The number of hydrogen-bond acceptors (Lipinski definition) is 1. The number of rotatable bonds is 7. The summed E-state index contributed by atoms with van der Waals surface area (Å²) in [6.07, 6.45) is 8.31. The third-order valence-corrected chi connectivity index (χ3v) is 87.4. The first kappa shape index (κ1) is 42.7. The number of allylic oxidation sites excluding steroid dienone is 2. The molecule has 0 aromatic heterocycles. The van der Waals surface area contributed by atoms with Gasteiger partial charge in [-0.15, -0.1) is 0 Å². The first-order valence-electron chi connectivity index (χ1n) is 21.8. The zero-order valence-electron chi connectivity index (χ0n) is 37.9. The fraction of sp³-hybridized carbons (Fsp3) is 0.370. The minimum absolute atomic E-state index is 0.0208. The summed E-state index contributed by atoms with van der Waals surface area (Å²) in [7, 11) is 20.1. The van der Waals surface area contributed by atoms with Crippen LogP contribution in [-0.4, -0.2) is 13.1 Å². The molecular weight excluding hydrogens is 942 g/mol. The third-order valence-electron chi connectivity index (χ3n) is 14.0. The Morgan fingerprint density at radius 1 is 0.576 bits per heavy atom. The predicted octanol–water partition coefficient (Wildman–Crippen LogP) is 15.9. The molecule has 0 saturated carbocycles. The van der Waals surface area contributed by atoms with Crippen molar-refractivity contribution in [3.63, 3.8) is 0 Å². The van der Waals surface area contributed by atoms with Gasteiger partial charge in [0.15, 0.2) is 0 Å². The summed E-state index contributed by atoms with van der Waals surface area (Å²) < 4.78 is 6.42. The standard InChI is InChI=1S/C29H29.C23H27O.C2H7Si.2ClH.Hf/c1-17-9-18(2)12-22(11-17)28-24-7-6-8-25(24)29(27-16-21(5)15-26(27)28)23-13-19(3)10-20(4)14-23;1-14-8-15(2)11-18(10-14)21-19-12-16(3)9-17(19)13-20(22(21)24-7)23(4,5)6;1-3-2;;;/h9-16H,6-8H2,1-5H3;8-13H,1-7H3;3H,1-2H3;2*1H;/q;;;;;+2/p-2. The molecule has 1 nitrogen and oxygen atoms in total.